The number of piperazine rings is 1. The van der Waals surface area contributed by atoms with Crippen LogP contribution in [0.2, 0.25) is 5.02 Å². The van der Waals surface area contributed by atoms with E-state index >= 15 is 0 Å². The number of ether oxygens (including phenoxy) is 2. The van der Waals surface area contributed by atoms with Gasteiger partial charge in [0.15, 0.2) is 5.75 Å². The van der Waals surface area contributed by atoms with Crippen molar-refractivity contribution in [1.82, 2.24) is 20.6 Å². The van der Waals surface area contributed by atoms with Gasteiger partial charge in [0.25, 0.3) is 5.91 Å². The highest BCUT2D eigenvalue weighted by Crippen LogP contribution is 2.31. The molecule has 2 aromatic carbocycles. The van der Waals surface area contributed by atoms with Crippen molar-refractivity contribution in [3.63, 3.8) is 0 Å². The van der Waals surface area contributed by atoms with E-state index in [0.717, 1.165) is 13.1 Å². The molecule has 1 aliphatic heterocycles. The van der Waals surface area contributed by atoms with Crippen LogP contribution in [0.1, 0.15) is 29.8 Å². The molecule has 0 spiro atoms. The zero-order chi connectivity index (χ0) is 26.5. The lowest BCUT2D eigenvalue weighted by Crippen LogP contribution is -2.54. The molecule has 196 valence electrons. The summed E-state index contributed by atoms with van der Waals surface area (Å²) in [5.41, 5.74) is 2.09. The number of methoxy groups -OCH3 is 1. The number of anilines is 3. The molecule has 3 aromatic rings. The van der Waals surface area contributed by atoms with Gasteiger partial charge in [-0.1, -0.05) is 11.6 Å². The van der Waals surface area contributed by atoms with Gasteiger partial charge in [-0.15, -0.1) is 0 Å². The van der Waals surface area contributed by atoms with Crippen molar-refractivity contribution < 1.29 is 18.7 Å². The Morgan fingerprint density at radius 1 is 1.19 bits per heavy atom. The van der Waals surface area contributed by atoms with Gasteiger partial charge in [0, 0.05) is 49.0 Å². The van der Waals surface area contributed by atoms with Crippen LogP contribution in [0.4, 0.5) is 21.7 Å². The number of carbonyl (C=O) groups excluding carboxylic acids is 1. The molecule has 1 aliphatic rings. The molecule has 1 fully saturated rings. The van der Waals surface area contributed by atoms with E-state index in [4.69, 9.17) is 21.1 Å². The van der Waals surface area contributed by atoms with Crippen molar-refractivity contribution in [2.24, 2.45) is 0 Å². The molecular weight excluding hydrogens is 499 g/mol. The summed E-state index contributed by atoms with van der Waals surface area (Å²) in [6.45, 7) is 5.74. The Morgan fingerprint density at radius 2 is 1.89 bits per heavy atom. The Bertz CT molecular complexity index is 1250. The van der Waals surface area contributed by atoms with Crippen LogP contribution in [0.15, 0.2) is 42.7 Å². The van der Waals surface area contributed by atoms with E-state index in [9.17, 15) is 9.18 Å². The van der Waals surface area contributed by atoms with Crippen molar-refractivity contribution >= 4 is 34.8 Å². The number of nitrogens with zero attached hydrogens (tertiary/aromatic N) is 3. The minimum Gasteiger partial charge on any atom is -0.495 e. The summed E-state index contributed by atoms with van der Waals surface area (Å²) < 4.78 is 25.9. The topological polar surface area (TPSA) is 101 Å². The monoisotopic (exact) mass is 528 g/mol. The lowest BCUT2D eigenvalue weighted by molar-refractivity contribution is 0.0962. The number of hydrogen-bond donors (Lipinski definition) is 3. The lowest BCUT2D eigenvalue weighted by Gasteiger charge is -2.37. The van der Waals surface area contributed by atoms with Crippen LogP contribution in [-0.4, -0.2) is 55.2 Å². The Kier molecular flexibility index (Phi) is 8.30. The van der Waals surface area contributed by atoms with Gasteiger partial charge < -0.3 is 30.3 Å². The molecule has 4 rings (SSSR count). The second-order valence-corrected chi connectivity index (χ2v) is 9.30. The first-order chi connectivity index (χ1) is 17.8. The molecule has 2 heterocycles. The maximum Gasteiger partial charge on any atom is 0.251 e. The number of halogens is 2. The van der Waals surface area contributed by atoms with Crippen molar-refractivity contribution in [2.75, 3.05) is 37.5 Å². The average Bonchev–Trinajstić information content (AvgIpc) is 2.88. The van der Waals surface area contributed by atoms with Crippen LogP contribution in [0, 0.1) is 5.82 Å². The predicted molar refractivity (Wildman–Crippen MR) is 142 cm³/mol. The Morgan fingerprint density at radius 3 is 2.51 bits per heavy atom. The molecule has 1 saturated heterocycles. The van der Waals surface area contributed by atoms with E-state index < -0.39 is 0 Å². The highest BCUT2D eigenvalue weighted by molar-refractivity contribution is 6.33. The van der Waals surface area contributed by atoms with Crippen molar-refractivity contribution in [3.8, 4) is 11.5 Å². The largest absolute Gasteiger partial charge is 0.495 e. The molecule has 0 unspecified atom stereocenters. The van der Waals surface area contributed by atoms with Crippen molar-refractivity contribution in [2.45, 2.75) is 32.5 Å². The smallest absolute Gasteiger partial charge is 0.251 e. The maximum absolute atomic E-state index is 14.9. The fourth-order valence-electron chi connectivity index (χ4n) is 4.29. The molecule has 3 N–H and O–H groups in total. The standard InChI is InChI=1S/C26H30ClFN6O3/c1-15-12-34(13-16(2)32-15)22-6-5-19(9-21(22)28)33-26-30-10-20(11-31-26)37-14-18-7-17(25(35)29-3)8-23(36-4)24(18)27/h5-11,15-16,32H,12-14H2,1-4H3,(H,29,35)(H,30,31,33)/t15-,16+. The summed E-state index contributed by atoms with van der Waals surface area (Å²) in [6.07, 6.45) is 2.99. The normalized spacial score (nSPS) is 17.3. The molecular formula is C26H30ClFN6O3. The molecule has 0 saturated carbocycles. The Hall–Kier alpha value is -3.63. The summed E-state index contributed by atoms with van der Waals surface area (Å²) in [5, 5.41) is 9.39. The van der Waals surface area contributed by atoms with Crippen LogP contribution in [0.3, 0.4) is 0 Å². The van der Waals surface area contributed by atoms with Gasteiger partial charge in [0.1, 0.15) is 18.2 Å². The highest BCUT2D eigenvalue weighted by Gasteiger charge is 2.23. The lowest BCUT2D eigenvalue weighted by atomic mass is 10.1. The third-order valence-corrected chi connectivity index (χ3v) is 6.38. The molecule has 37 heavy (non-hydrogen) atoms. The highest BCUT2D eigenvalue weighted by atomic mass is 35.5. The quantitative estimate of drug-likeness (QED) is 0.401. The summed E-state index contributed by atoms with van der Waals surface area (Å²) in [4.78, 5) is 22.6. The molecule has 11 heteroatoms. The maximum atomic E-state index is 14.9. The zero-order valence-corrected chi connectivity index (χ0v) is 21.9. The summed E-state index contributed by atoms with van der Waals surface area (Å²) in [7, 11) is 3.02. The number of aromatic nitrogens is 2. The average molecular weight is 529 g/mol. The first-order valence-corrected chi connectivity index (χ1v) is 12.3. The Labute approximate surface area is 220 Å². The van der Waals surface area contributed by atoms with E-state index in [1.807, 2.05) is 0 Å². The minimum absolute atomic E-state index is 0.0755. The molecule has 1 aromatic heterocycles. The van der Waals surface area contributed by atoms with Gasteiger partial charge in [-0.05, 0) is 44.2 Å². The number of rotatable bonds is 8. The summed E-state index contributed by atoms with van der Waals surface area (Å²) in [5.74, 6) is 0.491. The van der Waals surface area contributed by atoms with E-state index in [1.54, 1.807) is 31.3 Å². The van der Waals surface area contributed by atoms with Gasteiger partial charge in [-0.25, -0.2) is 14.4 Å². The molecule has 0 aliphatic carbocycles. The molecule has 9 nitrogen and oxygen atoms in total. The van der Waals surface area contributed by atoms with Crippen molar-refractivity contribution in [3.05, 3.63) is 64.7 Å². The number of carbonyl (C=O) groups is 1. The fraction of sp³-hybridized carbons (Fsp3) is 0.346. The SMILES string of the molecule is CNC(=O)c1cc(COc2cnc(Nc3ccc(N4C[C@@H](C)N[C@@H](C)C4)c(F)c3)nc2)c(Cl)c(OC)c1. The third-order valence-electron chi connectivity index (χ3n) is 5.95. The third kappa shape index (κ3) is 6.39. The first kappa shape index (κ1) is 26.4. The van der Waals surface area contributed by atoms with Crippen LogP contribution in [0.25, 0.3) is 0 Å². The van der Waals surface area contributed by atoms with Crippen LogP contribution in [0.5, 0.6) is 11.5 Å². The van der Waals surface area contributed by atoms with Crippen molar-refractivity contribution in [1.29, 1.82) is 0 Å². The van der Waals surface area contributed by atoms with Crippen LogP contribution >= 0.6 is 11.6 Å². The van der Waals surface area contributed by atoms with E-state index in [1.165, 1.54) is 25.6 Å². The zero-order valence-electron chi connectivity index (χ0n) is 21.1. The van der Waals surface area contributed by atoms with E-state index in [2.05, 4.69) is 44.7 Å². The molecule has 1 amide bonds. The molecule has 0 radical (unpaired) electrons. The number of nitrogens with one attached hydrogen (secondary N) is 3. The van der Waals surface area contributed by atoms with Gasteiger partial charge >= 0.3 is 0 Å². The van der Waals surface area contributed by atoms with Crippen LogP contribution in [-0.2, 0) is 6.61 Å². The van der Waals surface area contributed by atoms with Gasteiger partial charge in [0.2, 0.25) is 5.95 Å². The second-order valence-electron chi connectivity index (χ2n) is 8.93. The summed E-state index contributed by atoms with van der Waals surface area (Å²) >= 11 is 6.38. The fourth-order valence-corrected chi connectivity index (χ4v) is 4.54. The van der Waals surface area contributed by atoms with E-state index in [-0.39, 0.29) is 30.4 Å². The van der Waals surface area contributed by atoms with Gasteiger partial charge in [0.05, 0.1) is 30.2 Å². The number of amides is 1. The molecule has 0 bridgehead atoms. The van der Waals surface area contributed by atoms with E-state index in [0.29, 0.717) is 45.0 Å². The minimum atomic E-state index is -0.308. The van der Waals surface area contributed by atoms with Gasteiger partial charge in [-0.2, -0.15) is 0 Å². The first-order valence-electron chi connectivity index (χ1n) is 11.9. The number of benzene rings is 2. The second kappa shape index (κ2) is 11.6. The van der Waals surface area contributed by atoms with Gasteiger partial charge in [-0.3, -0.25) is 4.79 Å². The molecule has 2 atom stereocenters. The predicted octanol–water partition coefficient (Wildman–Crippen LogP) is 4.15. The Balaban J connectivity index is 1.40. The summed E-state index contributed by atoms with van der Waals surface area (Å²) in [6, 6.07) is 8.79. The van der Waals surface area contributed by atoms with Crippen LogP contribution < -0.4 is 30.3 Å². The number of hydrogen-bond acceptors (Lipinski definition) is 8.